The van der Waals surface area contributed by atoms with Crippen molar-refractivity contribution in [2.45, 2.75) is 5.92 Å². The second kappa shape index (κ2) is 8.03. The minimum Gasteiger partial charge on any atom is -0.850 e. The van der Waals surface area contributed by atoms with Gasteiger partial charge >= 0.3 is 51.4 Å². The minimum absolute atomic E-state index is 0. The Morgan fingerprint density at radius 1 is 1.36 bits per heavy atom. The molecule has 64 valence electrons. The van der Waals surface area contributed by atoms with Gasteiger partial charge < -0.3 is 17.4 Å². The largest absolute Gasteiger partial charge is 1.00 e. The Labute approximate surface area is 109 Å². The summed E-state index contributed by atoms with van der Waals surface area (Å²) in [5, 5.41) is 9.71. The predicted octanol–water partition coefficient (Wildman–Crippen LogP) is -3.00. The van der Waals surface area contributed by atoms with Crippen LogP contribution in [0.25, 0.3) is 0 Å². The number of rotatable bonds is 3. The summed E-state index contributed by atoms with van der Waals surface area (Å²) in [6, 6.07) is 0. The molecular formula is C6H13F2KNO-. The number of alkyl halides is 2. The van der Waals surface area contributed by atoms with Crippen molar-refractivity contribution in [3.05, 3.63) is 7.43 Å². The molecule has 0 atom stereocenters. The Hall–Kier alpha value is 1.42. The molecule has 5 heteroatoms. The zero-order valence-corrected chi connectivity index (χ0v) is 10.6. The number of hydrogen-bond donors (Lipinski definition) is 0. The van der Waals surface area contributed by atoms with Gasteiger partial charge in [0.25, 0.3) is 0 Å². The van der Waals surface area contributed by atoms with Crippen molar-refractivity contribution in [1.29, 1.82) is 0 Å². The summed E-state index contributed by atoms with van der Waals surface area (Å²) in [5.41, 5.74) is 0. The molecule has 0 spiro atoms. The monoisotopic (exact) mass is 192 g/mol. The standard InChI is InChI=1S/C5H10F2NO.CH3.K/c1-8(2)3-5(6,7)4-9;;/h3-4H2,1-2H3;1H3;/q2*-1;+1. The van der Waals surface area contributed by atoms with E-state index in [1.165, 1.54) is 19.0 Å². The minimum atomic E-state index is -3.07. The Bertz CT molecular complexity index is 90.7. The van der Waals surface area contributed by atoms with E-state index in [-0.39, 0.29) is 58.8 Å². The van der Waals surface area contributed by atoms with Crippen LogP contribution >= 0.6 is 0 Å². The van der Waals surface area contributed by atoms with E-state index in [0.29, 0.717) is 0 Å². The van der Waals surface area contributed by atoms with Gasteiger partial charge in [-0.05, 0) is 14.1 Å². The molecule has 0 fully saturated rings. The van der Waals surface area contributed by atoms with E-state index >= 15 is 0 Å². The molecule has 11 heavy (non-hydrogen) atoms. The van der Waals surface area contributed by atoms with E-state index in [0.717, 1.165) is 0 Å². The van der Waals surface area contributed by atoms with Crippen LogP contribution in [0.4, 0.5) is 8.78 Å². The van der Waals surface area contributed by atoms with Crippen LogP contribution in [0.5, 0.6) is 0 Å². The van der Waals surface area contributed by atoms with Crippen LogP contribution in [-0.2, 0) is 0 Å². The van der Waals surface area contributed by atoms with E-state index in [4.69, 9.17) is 0 Å². The molecule has 0 saturated carbocycles. The molecule has 0 aliphatic heterocycles. The molecule has 0 radical (unpaired) electrons. The first-order valence-corrected chi connectivity index (χ1v) is 2.58. The van der Waals surface area contributed by atoms with Gasteiger partial charge in [-0.2, -0.15) is 0 Å². The average Bonchev–Trinajstić information content (AvgIpc) is 1.63. The molecule has 0 aliphatic rings. The fraction of sp³-hybridized carbons (Fsp3) is 0.833. The summed E-state index contributed by atoms with van der Waals surface area (Å²) in [6.07, 6.45) is 0. The molecule has 0 amide bonds. The normalized spacial score (nSPS) is 10.4. The number of nitrogens with zero attached hydrogens (tertiary/aromatic N) is 1. The zero-order valence-electron chi connectivity index (χ0n) is 7.53. The molecule has 0 bridgehead atoms. The quantitative estimate of drug-likeness (QED) is 0.352. The molecule has 0 N–H and O–H groups in total. The van der Waals surface area contributed by atoms with Gasteiger partial charge in [0.2, 0.25) is 5.92 Å². The fourth-order valence-corrected chi connectivity index (χ4v) is 0.508. The summed E-state index contributed by atoms with van der Waals surface area (Å²) < 4.78 is 24.1. The van der Waals surface area contributed by atoms with Crippen molar-refractivity contribution in [1.82, 2.24) is 4.90 Å². The third-order valence-corrected chi connectivity index (χ3v) is 0.759. The molecule has 0 aliphatic carbocycles. The molecule has 0 unspecified atom stereocenters. The van der Waals surface area contributed by atoms with E-state index in [9.17, 15) is 13.9 Å². The Kier molecular flexibility index (Phi) is 13.3. The molecule has 0 rings (SSSR count). The first-order chi connectivity index (χ1) is 3.98. The van der Waals surface area contributed by atoms with Crippen LogP contribution in [0.2, 0.25) is 0 Å². The van der Waals surface area contributed by atoms with Crippen LogP contribution in [0.1, 0.15) is 0 Å². The third kappa shape index (κ3) is 11.4. The maximum Gasteiger partial charge on any atom is 1.00 e. The Morgan fingerprint density at radius 3 is 1.82 bits per heavy atom. The molecule has 0 saturated heterocycles. The second-order valence-electron chi connectivity index (χ2n) is 2.24. The van der Waals surface area contributed by atoms with Crippen molar-refractivity contribution in [2.24, 2.45) is 0 Å². The van der Waals surface area contributed by atoms with Gasteiger partial charge in [0.15, 0.2) is 0 Å². The molecule has 0 heterocycles. The van der Waals surface area contributed by atoms with Crippen LogP contribution in [0, 0.1) is 7.43 Å². The molecule has 2 nitrogen and oxygen atoms in total. The molecule has 0 aromatic carbocycles. The van der Waals surface area contributed by atoms with Crippen LogP contribution < -0.4 is 56.5 Å². The van der Waals surface area contributed by atoms with Gasteiger partial charge in [0.1, 0.15) is 0 Å². The van der Waals surface area contributed by atoms with Crippen molar-refractivity contribution in [3.63, 3.8) is 0 Å². The van der Waals surface area contributed by atoms with Crippen molar-refractivity contribution < 1.29 is 65.3 Å². The van der Waals surface area contributed by atoms with Gasteiger partial charge in [0, 0.05) is 0 Å². The maximum absolute atomic E-state index is 12.0. The summed E-state index contributed by atoms with van der Waals surface area (Å²) in [6.45, 7) is -1.79. The van der Waals surface area contributed by atoms with Crippen LogP contribution in [0.3, 0.4) is 0 Å². The SMILES string of the molecule is CN(C)CC(F)(F)C[O-].[CH3-].[K+]. The van der Waals surface area contributed by atoms with Gasteiger partial charge in [0.05, 0.1) is 6.54 Å². The number of hydrogen-bond acceptors (Lipinski definition) is 2. The smallest absolute Gasteiger partial charge is 0.850 e. The third-order valence-electron chi connectivity index (χ3n) is 0.759. The van der Waals surface area contributed by atoms with E-state index in [2.05, 4.69) is 0 Å². The predicted molar refractivity (Wildman–Crippen MR) is 34.8 cm³/mol. The van der Waals surface area contributed by atoms with Gasteiger partial charge in [-0.15, -0.1) is 0 Å². The average molecular weight is 192 g/mol. The second-order valence-corrected chi connectivity index (χ2v) is 2.24. The van der Waals surface area contributed by atoms with Crippen molar-refractivity contribution in [3.8, 4) is 0 Å². The molecule has 0 aromatic rings. The van der Waals surface area contributed by atoms with E-state index in [1.807, 2.05) is 0 Å². The summed E-state index contributed by atoms with van der Waals surface area (Å²) in [7, 11) is 3.01. The van der Waals surface area contributed by atoms with Gasteiger partial charge in [-0.25, -0.2) is 8.78 Å². The van der Waals surface area contributed by atoms with Crippen molar-refractivity contribution >= 4 is 0 Å². The van der Waals surface area contributed by atoms with E-state index in [1.54, 1.807) is 0 Å². The topological polar surface area (TPSA) is 26.3 Å². The molecule has 0 aromatic heterocycles. The van der Waals surface area contributed by atoms with Crippen LogP contribution in [-0.4, -0.2) is 38.1 Å². The van der Waals surface area contributed by atoms with E-state index < -0.39 is 19.1 Å². The summed E-state index contributed by atoms with van der Waals surface area (Å²) in [4.78, 5) is 1.29. The first kappa shape index (κ1) is 18.3. The Balaban J connectivity index is -0.000000320. The van der Waals surface area contributed by atoms with Gasteiger partial charge in [-0.1, -0.05) is 6.61 Å². The Morgan fingerprint density at radius 2 is 1.73 bits per heavy atom. The summed E-state index contributed by atoms with van der Waals surface area (Å²) >= 11 is 0. The molecular weight excluding hydrogens is 179 g/mol. The fourth-order valence-electron chi connectivity index (χ4n) is 0.508. The van der Waals surface area contributed by atoms with Crippen LogP contribution in [0.15, 0.2) is 0 Å². The zero-order chi connectivity index (χ0) is 7.49. The van der Waals surface area contributed by atoms with Crippen molar-refractivity contribution in [2.75, 3.05) is 27.2 Å². The summed E-state index contributed by atoms with van der Waals surface area (Å²) in [5.74, 6) is -3.07. The van der Waals surface area contributed by atoms with Gasteiger partial charge in [-0.3, -0.25) is 0 Å². The first-order valence-electron chi connectivity index (χ1n) is 2.58. The maximum atomic E-state index is 12.0. The number of halogens is 2.